The van der Waals surface area contributed by atoms with Crippen LogP contribution in [0.15, 0.2) is 40.5 Å². The van der Waals surface area contributed by atoms with Crippen LogP contribution in [0.2, 0.25) is 5.54 Å². The summed E-state index contributed by atoms with van der Waals surface area (Å²) in [7, 11) is 36.5. The minimum atomic E-state index is -3.44. The van der Waals surface area contributed by atoms with Gasteiger partial charge >= 0.3 is 0 Å². The zero-order valence-corrected chi connectivity index (χ0v) is 42.3. The van der Waals surface area contributed by atoms with Crippen LogP contribution in [0.1, 0.15) is 44.4 Å². The molecular formula is C48H79N9Si. The first kappa shape index (κ1) is 46.2. The van der Waals surface area contributed by atoms with E-state index in [0.29, 0.717) is 0 Å². The van der Waals surface area contributed by atoms with Gasteiger partial charge in [-0.1, -0.05) is 11.1 Å². The lowest BCUT2D eigenvalue weighted by molar-refractivity contribution is 1.04. The molecule has 0 saturated carbocycles. The van der Waals surface area contributed by atoms with Crippen LogP contribution in [0.3, 0.4) is 0 Å². The van der Waals surface area contributed by atoms with Gasteiger partial charge in [-0.2, -0.15) is 0 Å². The van der Waals surface area contributed by atoms with Gasteiger partial charge in [-0.25, -0.2) is 0 Å². The number of allylic oxidation sites excluding steroid dienone is 4. The zero-order chi connectivity index (χ0) is 44.4. The quantitative estimate of drug-likeness (QED) is 0.138. The summed E-state index contributed by atoms with van der Waals surface area (Å²) >= 11 is 0. The first-order chi connectivity index (χ1) is 26.7. The monoisotopic (exact) mass is 810 g/mol. The van der Waals surface area contributed by atoms with E-state index in [0.717, 1.165) is 0 Å². The topological polar surface area (TPSA) is 29.2 Å². The van der Waals surface area contributed by atoms with Gasteiger partial charge in [0.2, 0.25) is 0 Å². The lowest BCUT2D eigenvalue weighted by Gasteiger charge is -2.49. The molecule has 0 heterocycles. The molecule has 1 aliphatic carbocycles. The Morgan fingerprint density at radius 1 is 0.310 bits per heavy atom. The highest BCUT2D eigenvalue weighted by Crippen LogP contribution is 2.52. The van der Waals surface area contributed by atoms with E-state index < -0.39 is 8.07 Å². The van der Waals surface area contributed by atoms with Crippen LogP contribution >= 0.6 is 0 Å². The zero-order valence-electron chi connectivity index (χ0n) is 41.3. The standard InChI is InChI=1S/C48H79N9Si/c1-29-30(2)32(4)45(31(29)3)58(46-33(5)42(55(20)21)36(49(8)9)26-39(46)52(14)15,47-34(6)43(56(22)23)37(50(10)11)27-40(47)53(16)17)48-35(7)44(57(24)25)38(51(12)13)28-41(48)54(18)19/h26-28,45H,1-25H3. The van der Waals surface area contributed by atoms with Gasteiger partial charge in [-0.15, -0.1) is 0 Å². The largest absolute Gasteiger partial charge is 0.378 e. The second-order valence-corrected chi connectivity index (χ2v) is 22.4. The van der Waals surface area contributed by atoms with Crippen molar-refractivity contribution < 1.29 is 0 Å². The highest BCUT2D eigenvalue weighted by molar-refractivity contribution is 7.16. The fourth-order valence-corrected chi connectivity index (χ4v) is 18.0. The van der Waals surface area contributed by atoms with Gasteiger partial charge in [-0.3, -0.25) is 0 Å². The van der Waals surface area contributed by atoms with Crippen molar-refractivity contribution in [2.24, 2.45) is 0 Å². The minimum absolute atomic E-state index is 0.125. The van der Waals surface area contributed by atoms with Crippen LogP contribution in [-0.4, -0.2) is 135 Å². The molecule has 0 unspecified atom stereocenters. The summed E-state index contributed by atoms with van der Waals surface area (Å²) in [5.74, 6) is 0. The number of hydrogen-bond donors (Lipinski definition) is 0. The van der Waals surface area contributed by atoms with E-state index in [-0.39, 0.29) is 5.54 Å². The fourth-order valence-electron chi connectivity index (χ4n) is 10.4. The van der Waals surface area contributed by atoms with Gasteiger partial charge in [-0.05, 0) is 110 Å². The number of benzene rings is 3. The van der Waals surface area contributed by atoms with Crippen LogP contribution in [0.5, 0.6) is 0 Å². The van der Waals surface area contributed by atoms with Gasteiger partial charge < -0.3 is 44.1 Å². The van der Waals surface area contributed by atoms with E-state index in [9.17, 15) is 0 Å². The van der Waals surface area contributed by atoms with Gasteiger partial charge in [0.05, 0.1) is 34.1 Å². The summed E-state index contributed by atoms with van der Waals surface area (Å²) in [6, 6.07) is 7.47. The summed E-state index contributed by atoms with van der Waals surface area (Å²) in [5.41, 5.74) is 21.2. The van der Waals surface area contributed by atoms with Crippen molar-refractivity contribution in [3.63, 3.8) is 0 Å². The molecule has 3 aromatic rings. The summed E-state index contributed by atoms with van der Waals surface area (Å²) in [4.78, 5) is 21.1. The van der Waals surface area contributed by atoms with E-state index >= 15 is 0 Å². The molecule has 10 heteroatoms. The lowest BCUT2D eigenvalue weighted by Crippen LogP contribution is -2.74. The molecule has 0 spiro atoms. The van der Waals surface area contributed by atoms with Gasteiger partial charge in [0, 0.05) is 149 Å². The van der Waals surface area contributed by atoms with Crippen molar-refractivity contribution in [1.29, 1.82) is 0 Å². The third-order valence-corrected chi connectivity index (χ3v) is 19.0. The van der Waals surface area contributed by atoms with Crippen molar-refractivity contribution in [2.45, 2.75) is 54.0 Å². The predicted molar refractivity (Wildman–Crippen MR) is 268 cm³/mol. The van der Waals surface area contributed by atoms with Crippen LogP contribution in [-0.2, 0) is 0 Å². The van der Waals surface area contributed by atoms with Crippen molar-refractivity contribution >= 4 is 74.8 Å². The summed E-state index contributed by atoms with van der Waals surface area (Å²) in [6.07, 6.45) is 0. The maximum atomic E-state index is 2.49. The number of anilines is 9. The highest BCUT2D eigenvalue weighted by atomic mass is 28.3. The Kier molecular flexibility index (Phi) is 13.3. The minimum Gasteiger partial charge on any atom is -0.378 e. The smallest absolute Gasteiger partial charge is 0.168 e. The van der Waals surface area contributed by atoms with E-state index in [1.54, 1.807) is 0 Å². The van der Waals surface area contributed by atoms with Crippen molar-refractivity contribution in [3.8, 4) is 0 Å². The molecule has 0 bridgehead atoms. The molecule has 0 saturated heterocycles. The second-order valence-electron chi connectivity index (χ2n) is 18.7. The first-order valence-electron chi connectivity index (χ1n) is 20.7. The maximum absolute atomic E-state index is 3.44. The lowest BCUT2D eigenvalue weighted by atomic mass is 10.1. The third kappa shape index (κ3) is 7.17. The molecule has 320 valence electrons. The Balaban J connectivity index is 2.78. The Morgan fingerprint density at radius 3 is 0.690 bits per heavy atom. The molecule has 9 nitrogen and oxygen atoms in total. The molecule has 1 aliphatic rings. The Labute approximate surface area is 355 Å². The fraction of sp³-hybridized carbons (Fsp3) is 0.542. The average molecular weight is 810 g/mol. The summed E-state index contributed by atoms with van der Waals surface area (Å²) in [5, 5.41) is 4.42. The van der Waals surface area contributed by atoms with Crippen molar-refractivity contribution in [2.75, 3.05) is 171 Å². The Hall–Kier alpha value is -4.44. The van der Waals surface area contributed by atoms with E-state index in [4.69, 9.17) is 0 Å². The summed E-state index contributed by atoms with van der Waals surface area (Å²) < 4.78 is 0. The molecule has 3 aromatic carbocycles. The molecule has 0 atom stereocenters. The average Bonchev–Trinajstić information content (AvgIpc) is 3.29. The number of nitrogens with zero attached hydrogens (tertiary/aromatic N) is 9. The number of rotatable bonds is 13. The Bertz CT molecular complexity index is 1900. The molecule has 0 radical (unpaired) electrons. The molecule has 0 fully saturated rings. The number of hydrogen-bond acceptors (Lipinski definition) is 9. The third-order valence-electron chi connectivity index (χ3n) is 13.0. The van der Waals surface area contributed by atoms with Crippen LogP contribution in [0.4, 0.5) is 51.2 Å². The molecule has 0 aliphatic heterocycles. The normalized spacial score (nSPS) is 13.4. The summed E-state index contributed by atoms with van der Waals surface area (Å²) in [6.45, 7) is 16.9. The predicted octanol–water partition coefficient (Wildman–Crippen LogP) is 6.73. The Morgan fingerprint density at radius 2 is 0.517 bits per heavy atom. The van der Waals surface area contributed by atoms with Gasteiger partial charge in [0.15, 0.2) is 8.07 Å². The molecule has 4 rings (SSSR count). The first-order valence-corrected chi connectivity index (χ1v) is 22.7. The van der Waals surface area contributed by atoms with E-state index in [1.807, 2.05) is 0 Å². The maximum Gasteiger partial charge on any atom is 0.168 e. The molecular weight excluding hydrogens is 731 g/mol. The van der Waals surface area contributed by atoms with Crippen LogP contribution in [0, 0.1) is 20.8 Å². The van der Waals surface area contributed by atoms with Gasteiger partial charge in [0.25, 0.3) is 0 Å². The van der Waals surface area contributed by atoms with Crippen molar-refractivity contribution in [3.05, 3.63) is 57.2 Å². The van der Waals surface area contributed by atoms with Crippen LogP contribution < -0.4 is 59.7 Å². The highest BCUT2D eigenvalue weighted by Gasteiger charge is 2.57. The second kappa shape index (κ2) is 16.7. The molecule has 58 heavy (non-hydrogen) atoms. The molecule has 0 amide bonds. The molecule has 0 aromatic heterocycles. The van der Waals surface area contributed by atoms with Gasteiger partial charge in [0.1, 0.15) is 0 Å². The SMILES string of the molecule is CC1=C(C)C([Si](c2c(N(C)C)cc(N(C)C)c(N(C)C)c2C)(c2c(N(C)C)cc(N(C)C)c(N(C)C)c2C)c2c(N(C)C)cc(N(C)C)c(N(C)C)c2C)C(C)=C1C. The molecule has 0 N–H and O–H groups in total. The van der Waals surface area contributed by atoms with E-state index in [2.05, 4.69) is 238 Å². The van der Waals surface area contributed by atoms with Crippen molar-refractivity contribution in [1.82, 2.24) is 0 Å². The van der Waals surface area contributed by atoms with Crippen LogP contribution in [0.25, 0.3) is 0 Å². The van der Waals surface area contributed by atoms with E-state index in [1.165, 1.54) is 106 Å².